The van der Waals surface area contributed by atoms with Gasteiger partial charge in [0, 0.05) is 37.6 Å². The number of aryl methyl sites for hydroxylation is 4. The zero-order valence-electron chi connectivity index (χ0n) is 19.4. The average Bonchev–Trinajstić information content (AvgIpc) is 2.70. The van der Waals surface area contributed by atoms with Crippen LogP contribution in [0.3, 0.4) is 0 Å². The summed E-state index contributed by atoms with van der Waals surface area (Å²) in [6.07, 6.45) is 0. The van der Waals surface area contributed by atoms with E-state index in [1.807, 2.05) is 0 Å². The Bertz CT molecular complexity index is 704. The highest BCUT2D eigenvalue weighted by atomic mass is 32.1. The second-order valence-corrected chi connectivity index (χ2v) is 7.09. The highest BCUT2D eigenvalue weighted by molar-refractivity contribution is 7.51. The van der Waals surface area contributed by atoms with Gasteiger partial charge in [-0.2, -0.15) is 8.42 Å². The van der Waals surface area contributed by atoms with Crippen LogP contribution in [0.15, 0.2) is 36.4 Å². The molecule has 5 heteroatoms. The number of nitrogens with zero attached hydrogens (tertiary/aromatic N) is 2. The highest BCUT2D eigenvalue weighted by Crippen LogP contribution is 2.19. The number of hydrogen-bond acceptors (Lipinski definition) is 4. The quantitative estimate of drug-likeness (QED) is 0.610. The topological polar surface area (TPSA) is 40.6 Å². The predicted octanol–water partition coefficient (Wildman–Crippen LogP) is 5.63. The van der Waals surface area contributed by atoms with Gasteiger partial charge < -0.3 is 9.80 Å². The van der Waals surface area contributed by atoms with Crippen LogP contribution in [0, 0.1) is 27.7 Å². The van der Waals surface area contributed by atoms with E-state index >= 15 is 0 Å². The van der Waals surface area contributed by atoms with Crippen LogP contribution < -0.4 is 9.80 Å². The molecule has 0 saturated heterocycles. The maximum absolute atomic E-state index is 8.29. The molecule has 0 radical (unpaired) electrons. The van der Waals surface area contributed by atoms with Crippen molar-refractivity contribution in [3.8, 4) is 0 Å². The molecule has 0 bridgehead atoms. The molecule has 0 spiro atoms. The third-order valence-corrected chi connectivity index (χ3v) is 5.24. The first-order valence-corrected chi connectivity index (χ1v) is 11.0. The molecule has 0 aromatic heterocycles. The molecule has 0 atom stereocenters. The van der Waals surface area contributed by atoms with Crippen LogP contribution in [0.25, 0.3) is 0 Å². The van der Waals surface area contributed by atoms with Gasteiger partial charge in [0.05, 0.1) is 0 Å². The normalized spacial score (nSPS) is 9.52. The van der Waals surface area contributed by atoms with Gasteiger partial charge >= 0.3 is 11.6 Å². The summed E-state index contributed by atoms with van der Waals surface area (Å²) in [7, 11) is 0. The molecule has 0 heterocycles. The molecule has 2 aromatic carbocycles. The third kappa shape index (κ3) is 9.27. The van der Waals surface area contributed by atoms with Crippen molar-refractivity contribution in [3.05, 3.63) is 58.7 Å². The Morgan fingerprint density at radius 2 is 0.862 bits per heavy atom. The van der Waals surface area contributed by atoms with E-state index in [9.17, 15) is 0 Å². The fraction of sp³-hybridized carbons (Fsp3) is 0.500. The molecule has 0 aliphatic heterocycles. The number of hydrogen-bond donors (Lipinski definition) is 0. The Balaban J connectivity index is 0.000000477. The standard InChI is InChI=1S/2C12H19N.O2S/c2*1-5-13(6-2)12-8-7-10(3)11(4)9-12;1-3-2/h2*7-9H,5-6H2,1-4H3;. The number of anilines is 2. The zero-order chi connectivity index (χ0) is 22.4. The fourth-order valence-corrected chi connectivity index (χ4v) is 3.02. The predicted molar refractivity (Wildman–Crippen MR) is 128 cm³/mol. The van der Waals surface area contributed by atoms with Crippen LogP contribution in [0.4, 0.5) is 11.4 Å². The first-order valence-electron chi connectivity index (χ1n) is 10.3. The van der Waals surface area contributed by atoms with Crippen LogP contribution in [0.5, 0.6) is 0 Å². The average molecular weight is 419 g/mol. The van der Waals surface area contributed by atoms with Crippen LogP contribution >= 0.6 is 0 Å². The van der Waals surface area contributed by atoms with Gasteiger partial charge in [0.1, 0.15) is 0 Å². The van der Waals surface area contributed by atoms with E-state index < -0.39 is 11.6 Å². The van der Waals surface area contributed by atoms with Gasteiger partial charge in [-0.15, -0.1) is 0 Å². The van der Waals surface area contributed by atoms with E-state index in [2.05, 4.69) is 102 Å². The van der Waals surface area contributed by atoms with E-state index in [1.165, 1.54) is 33.6 Å². The van der Waals surface area contributed by atoms with Gasteiger partial charge in [-0.3, -0.25) is 0 Å². The van der Waals surface area contributed by atoms with Crippen molar-refractivity contribution in [1.29, 1.82) is 0 Å². The molecule has 4 nitrogen and oxygen atoms in total. The second-order valence-electron chi connectivity index (χ2n) is 6.95. The summed E-state index contributed by atoms with van der Waals surface area (Å²) in [4.78, 5) is 4.73. The Morgan fingerprint density at radius 1 is 0.586 bits per heavy atom. The molecular formula is C24H38N2O2S. The Kier molecular flexibility index (Phi) is 13.7. The molecule has 0 N–H and O–H groups in total. The number of rotatable bonds is 6. The molecule has 0 unspecified atom stereocenters. The summed E-state index contributed by atoms with van der Waals surface area (Å²) in [6, 6.07) is 13.3. The summed E-state index contributed by atoms with van der Waals surface area (Å²) in [5, 5.41) is 0. The van der Waals surface area contributed by atoms with E-state index in [4.69, 9.17) is 8.42 Å². The van der Waals surface area contributed by atoms with E-state index in [-0.39, 0.29) is 0 Å². The summed E-state index contributed by atoms with van der Waals surface area (Å²) < 4.78 is 16.6. The molecule has 29 heavy (non-hydrogen) atoms. The molecule has 0 amide bonds. The maximum atomic E-state index is 8.29. The van der Waals surface area contributed by atoms with Gasteiger partial charge in [-0.25, -0.2) is 0 Å². The summed E-state index contributed by atoms with van der Waals surface area (Å²) >= 11 is -0.750. The van der Waals surface area contributed by atoms with E-state index in [0.717, 1.165) is 26.2 Å². The molecule has 2 aromatic rings. The minimum Gasteiger partial charge on any atom is -0.372 e. The van der Waals surface area contributed by atoms with Gasteiger partial charge in [-0.1, -0.05) is 12.1 Å². The fourth-order valence-electron chi connectivity index (χ4n) is 3.02. The first-order chi connectivity index (χ1) is 13.8. The molecule has 2 rings (SSSR count). The molecule has 0 aliphatic rings. The van der Waals surface area contributed by atoms with Gasteiger partial charge in [0.2, 0.25) is 0 Å². The Labute approximate surface area is 181 Å². The van der Waals surface area contributed by atoms with Crippen LogP contribution in [0.1, 0.15) is 49.9 Å². The lowest BCUT2D eigenvalue weighted by atomic mass is 10.1. The van der Waals surface area contributed by atoms with E-state index in [0.29, 0.717) is 0 Å². The van der Waals surface area contributed by atoms with Crippen molar-refractivity contribution in [1.82, 2.24) is 0 Å². The SMILES string of the molecule is CCN(CC)c1ccc(C)c(C)c1.CCN(CC)c1ccc(C)c(C)c1.O=S=O. The Hall–Kier alpha value is -2.14. The van der Waals surface area contributed by atoms with Crippen molar-refractivity contribution in [3.63, 3.8) is 0 Å². The lowest BCUT2D eigenvalue weighted by molar-refractivity contribution is 0.630. The van der Waals surface area contributed by atoms with Crippen molar-refractivity contribution >= 4 is 22.9 Å². The van der Waals surface area contributed by atoms with Gasteiger partial charge in [0.25, 0.3) is 0 Å². The zero-order valence-corrected chi connectivity index (χ0v) is 20.2. The first kappa shape index (κ1) is 26.9. The second kappa shape index (κ2) is 14.8. The van der Waals surface area contributed by atoms with Crippen LogP contribution in [-0.2, 0) is 11.6 Å². The van der Waals surface area contributed by atoms with Gasteiger partial charge in [0.15, 0.2) is 0 Å². The molecule has 0 fully saturated rings. The van der Waals surface area contributed by atoms with Crippen LogP contribution in [-0.4, -0.2) is 34.6 Å². The molecule has 162 valence electrons. The van der Waals surface area contributed by atoms with Crippen LogP contribution in [0.2, 0.25) is 0 Å². The molecule has 0 saturated carbocycles. The third-order valence-electron chi connectivity index (χ3n) is 5.24. The number of benzene rings is 2. The van der Waals surface area contributed by atoms with E-state index in [1.54, 1.807) is 0 Å². The van der Waals surface area contributed by atoms with Crippen molar-refractivity contribution < 1.29 is 8.42 Å². The minimum atomic E-state index is -0.750. The Morgan fingerprint density at radius 3 is 1.07 bits per heavy atom. The van der Waals surface area contributed by atoms with Crippen molar-refractivity contribution in [2.45, 2.75) is 55.4 Å². The largest absolute Gasteiger partial charge is 0.372 e. The smallest absolute Gasteiger partial charge is 0.335 e. The minimum absolute atomic E-state index is 0.750. The van der Waals surface area contributed by atoms with Crippen molar-refractivity contribution in [2.24, 2.45) is 0 Å². The molecule has 0 aliphatic carbocycles. The monoisotopic (exact) mass is 418 g/mol. The highest BCUT2D eigenvalue weighted by Gasteiger charge is 2.02. The summed E-state index contributed by atoms with van der Waals surface area (Å²) in [6.45, 7) is 21.7. The lowest BCUT2D eigenvalue weighted by Gasteiger charge is -2.21. The van der Waals surface area contributed by atoms with Gasteiger partial charge in [-0.05, 0) is 102 Å². The lowest BCUT2D eigenvalue weighted by Crippen LogP contribution is -2.21. The summed E-state index contributed by atoms with van der Waals surface area (Å²) in [5.41, 5.74) is 8.18. The molecular weight excluding hydrogens is 380 g/mol. The summed E-state index contributed by atoms with van der Waals surface area (Å²) in [5.74, 6) is 0. The van der Waals surface area contributed by atoms with Crippen molar-refractivity contribution in [2.75, 3.05) is 36.0 Å². The maximum Gasteiger partial charge on any atom is 0.335 e.